The maximum Gasteiger partial charge on any atom is 0.308 e. The van der Waals surface area contributed by atoms with E-state index in [0.717, 1.165) is 24.8 Å². The highest BCUT2D eigenvalue weighted by molar-refractivity contribution is 5.72. The zero-order valence-electron chi connectivity index (χ0n) is 19.5. The molecule has 0 aliphatic heterocycles. The fourth-order valence-electron chi connectivity index (χ4n) is 7.30. The second-order valence-corrected chi connectivity index (χ2v) is 11.2. The lowest BCUT2D eigenvalue weighted by molar-refractivity contribution is -0.153. The van der Waals surface area contributed by atoms with Crippen LogP contribution in [0.5, 0.6) is 0 Å². The average Bonchev–Trinajstić information content (AvgIpc) is 3.36. The summed E-state index contributed by atoms with van der Waals surface area (Å²) in [5, 5.41) is 19.9. The van der Waals surface area contributed by atoms with Crippen molar-refractivity contribution in [2.45, 2.75) is 103 Å². The maximum absolute atomic E-state index is 12.9. The molecule has 0 spiro atoms. The molecule has 4 nitrogen and oxygen atoms in total. The summed E-state index contributed by atoms with van der Waals surface area (Å²) in [6.45, 7) is 5.12. The Morgan fingerprint density at radius 3 is 2.52 bits per heavy atom. The standard InChI is InChI=1S/C27H42O4/c1-18(26(30)31-17-19-6-3-4-7-19)24-11-12-25-21(8-5-13-27(24,25)2)10-9-20-14-22(28)16-23(29)15-20/h9-10,18-19,22-25,28-29H,3-8,11-17H2,1-2H3/b21-10+/t18-,22+,23+,24+,25-,27+/m0/s1. The minimum Gasteiger partial charge on any atom is -0.465 e. The van der Waals surface area contributed by atoms with Crippen LogP contribution in [0.4, 0.5) is 0 Å². The second-order valence-electron chi connectivity index (χ2n) is 11.2. The maximum atomic E-state index is 12.9. The molecule has 4 fully saturated rings. The van der Waals surface area contributed by atoms with E-state index < -0.39 is 12.2 Å². The number of ether oxygens (including phenoxy) is 1. The lowest BCUT2D eigenvalue weighted by atomic mass is 9.61. The number of aliphatic hydroxyl groups is 2. The first-order chi connectivity index (χ1) is 14.9. The summed E-state index contributed by atoms with van der Waals surface area (Å²) >= 11 is 0. The molecule has 4 aliphatic carbocycles. The van der Waals surface area contributed by atoms with Crippen molar-refractivity contribution >= 4 is 5.97 Å². The van der Waals surface area contributed by atoms with Crippen LogP contribution in [0.1, 0.15) is 90.9 Å². The van der Waals surface area contributed by atoms with Crippen molar-refractivity contribution in [3.05, 3.63) is 23.3 Å². The molecular formula is C27H42O4. The van der Waals surface area contributed by atoms with Gasteiger partial charge in [0.15, 0.2) is 0 Å². The molecule has 0 radical (unpaired) electrons. The Kier molecular flexibility index (Phi) is 7.27. The number of esters is 1. The number of allylic oxidation sites excluding steroid dienone is 3. The zero-order valence-corrected chi connectivity index (χ0v) is 19.5. The average molecular weight is 431 g/mol. The number of carbonyl (C=O) groups excluding carboxylic acids is 1. The Balaban J connectivity index is 1.41. The van der Waals surface area contributed by atoms with E-state index in [1.165, 1.54) is 44.1 Å². The topological polar surface area (TPSA) is 66.8 Å². The van der Waals surface area contributed by atoms with Gasteiger partial charge in [0.2, 0.25) is 0 Å². The molecule has 0 aromatic heterocycles. The van der Waals surface area contributed by atoms with Gasteiger partial charge in [0.05, 0.1) is 24.7 Å². The summed E-state index contributed by atoms with van der Waals surface area (Å²) in [5.74, 6) is 1.49. The van der Waals surface area contributed by atoms with Gasteiger partial charge in [-0.15, -0.1) is 0 Å². The highest BCUT2D eigenvalue weighted by Crippen LogP contribution is 2.59. The summed E-state index contributed by atoms with van der Waals surface area (Å²) in [6.07, 6.45) is 16.2. The van der Waals surface area contributed by atoms with Gasteiger partial charge in [-0.25, -0.2) is 0 Å². The van der Waals surface area contributed by atoms with E-state index in [2.05, 4.69) is 26.0 Å². The van der Waals surface area contributed by atoms with Crippen LogP contribution < -0.4 is 0 Å². The monoisotopic (exact) mass is 430 g/mol. The van der Waals surface area contributed by atoms with Gasteiger partial charge < -0.3 is 14.9 Å². The van der Waals surface area contributed by atoms with Gasteiger partial charge in [0, 0.05) is 0 Å². The van der Waals surface area contributed by atoms with Crippen LogP contribution in [0.15, 0.2) is 23.3 Å². The van der Waals surface area contributed by atoms with Gasteiger partial charge in [-0.2, -0.15) is 0 Å². The highest BCUT2D eigenvalue weighted by Gasteiger charge is 2.52. The van der Waals surface area contributed by atoms with E-state index >= 15 is 0 Å². The third-order valence-electron chi connectivity index (χ3n) is 9.02. The highest BCUT2D eigenvalue weighted by atomic mass is 16.5. The van der Waals surface area contributed by atoms with Gasteiger partial charge in [-0.3, -0.25) is 4.79 Å². The SMILES string of the molecule is C[C@H](C(=O)OCC1CCCC1)[C@H]1CC[C@H]2/C(=C/C=C3C[C@@H](O)C[C@H](O)C3)CCC[C@]12C. The Morgan fingerprint density at radius 1 is 1.10 bits per heavy atom. The van der Waals surface area contributed by atoms with Crippen molar-refractivity contribution < 1.29 is 19.7 Å². The van der Waals surface area contributed by atoms with Crippen LogP contribution in [0.2, 0.25) is 0 Å². The summed E-state index contributed by atoms with van der Waals surface area (Å²) in [4.78, 5) is 12.9. The van der Waals surface area contributed by atoms with Crippen LogP contribution in [-0.2, 0) is 9.53 Å². The lowest BCUT2D eigenvalue weighted by Crippen LogP contribution is -2.38. The van der Waals surface area contributed by atoms with Crippen molar-refractivity contribution in [1.29, 1.82) is 0 Å². The van der Waals surface area contributed by atoms with Crippen LogP contribution in [0, 0.1) is 29.1 Å². The van der Waals surface area contributed by atoms with Gasteiger partial charge in [-0.1, -0.05) is 50.0 Å². The van der Waals surface area contributed by atoms with Gasteiger partial charge in [0.1, 0.15) is 0 Å². The number of fused-ring (bicyclic) bond motifs is 1. The van der Waals surface area contributed by atoms with E-state index in [0.29, 0.717) is 43.6 Å². The lowest BCUT2D eigenvalue weighted by Gasteiger charge is -2.43. The van der Waals surface area contributed by atoms with Crippen molar-refractivity contribution in [1.82, 2.24) is 0 Å². The molecule has 0 saturated heterocycles. The molecule has 0 aromatic carbocycles. The molecule has 0 bridgehead atoms. The zero-order chi connectivity index (χ0) is 22.0. The Bertz CT molecular complexity index is 692. The molecule has 0 aromatic rings. The molecule has 4 rings (SSSR count). The fourth-order valence-corrected chi connectivity index (χ4v) is 7.30. The largest absolute Gasteiger partial charge is 0.465 e. The van der Waals surface area contributed by atoms with Crippen LogP contribution in [-0.4, -0.2) is 35.0 Å². The number of carbonyl (C=O) groups is 1. The summed E-state index contributed by atoms with van der Waals surface area (Å²) < 4.78 is 5.79. The quantitative estimate of drug-likeness (QED) is 0.579. The van der Waals surface area contributed by atoms with Crippen molar-refractivity contribution in [2.75, 3.05) is 6.61 Å². The molecule has 2 N–H and O–H groups in total. The predicted octanol–water partition coefficient (Wildman–Crippen LogP) is 5.33. The fraction of sp³-hybridized carbons (Fsp3) is 0.815. The van der Waals surface area contributed by atoms with Crippen molar-refractivity contribution in [3.63, 3.8) is 0 Å². The van der Waals surface area contributed by atoms with Crippen molar-refractivity contribution in [2.24, 2.45) is 29.1 Å². The first-order valence-electron chi connectivity index (χ1n) is 12.8. The predicted molar refractivity (Wildman–Crippen MR) is 122 cm³/mol. The number of hydrogen-bond donors (Lipinski definition) is 2. The molecular weight excluding hydrogens is 388 g/mol. The Labute approximate surface area is 188 Å². The molecule has 4 saturated carbocycles. The van der Waals surface area contributed by atoms with Crippen LogP contribution in [0.25, 0.3) is 0 Å². The van der Waals surface area contributed by atoms with E-state index in [1.807, 2.05) is 0 Å². The number of rotatable bonds is 5. The smallest absolute Gasteiger partial charge is 0.308 e. The number of hydrogen-bond acceptors (Lipinski definition) is 4. The first-order valence-corrected chi connectivity index (χ1v) is 12.8. The molecule has 31 heavy (non-hydrogen) atoms. The molecule has 0 heterocycles. The van der Waals surface area contributed by atoms with Gasteiger partial charge in [-0.05, 0) is 87.4 Å². The summed E-state index contributed by atoms with van der Waals surface area (Å²) in [5.41, 5.74) is 2.83. The normalized spacial score (nSPS) is 38.8. The number of aliphatic hydroxyl groups excluding tert-OH is 2. The molecule has 6 atom stereocenters. The molecule has 4 aliphatic rings. The minimum absolute atomic E-state index is 0.0159. The summed E-state index contributed by atoms with van der Waals surface area (Å²) in [7, 11) is 0. The Hall–Kier alpha value is -1.13. The Morgan fingerprint density at radius 2 is 1.81 bits per heavy atom. The minimum atomic E-state index is -0.419. The summed E-state index contributed by atoms with van der Waals surface area (Å²) in [6, 6.07) is 0. The third kappa shape index (κ3) is 5.11. The van der Waals surface area contributed by atoms with E-state index in [1.54, 1.807) is 0 Å². The van der Waals surface area contributed by atoms with Crippen LogP contribution in [0.3, 0.4) is 0 Å². The first kappa shape index (κ1) is 23.0. The van der Waals surface area contributed by atoms with Crippen molar-refractivity contribution in [3.8, 4) is 0 Å². The molecule has 174 valence electrons. The van der Waals surface area contributed by atoms with E-state index in [4.69, 9.17) is 4.74 Å². The van der Waals surface area contributed by atoms with E-state index in [9.17, 15) is 15.0 Å². The van der Waals surface area contributed by atoms with Crippen LogP contribution >= 0.6 is 0 Å². The van der Waals surface area contributed by atoms with E-state index in [-0.39, 0.29) is 17.3 Å². The molecule has 0 unspecified atom stereocenters. The van der Waals surface area contributed by atoms with Gasteiger partial charge in [0.25, 0.3) is 0 Å². The third-order valence-corrected chi connectivity index (χ3v) is 9.02. The second kappa shape index (κ2) is 9.79. The molecule has 4 heteroatoms. The van der Waals surface area contributed by atoms with Gasteiger partial charge >= 0.3 is 5.97 Å². The molecule has 0 amide bonds.